The van der Waals surface area contributed by atoms with Crippen LogP contribution in [0.15, 0.2) is 32.7 Å². The molecule has 1 aromatic heterocycles. The SMILES string of the molecule is Cn1c(N)c(C(=O)CSc2ccc3c(c2)OCCO3)c(=O)[nH]c1=O. The molecule has 8 nitrogen and oxygen atoms in total. The molecule has 1 aliphatic heterocycles. The molecule has 9 heteroatoms. The van der Waals surface area contributed by atoms with Gasteiger partial charge in [0.25, 0.3) is 5.56 Å². The van der Waals surface area contributed by atoms with Crippen molar-refractivity contribution in [1.29, 1.82) is 0 Å². The van der Waals surface area contributed by atoms with E-state index in [0.29, 0.717) is 24.7 Å². The fraction of sp³-hybridized carbons (Fsp3) is 0.267. The maximum atomic E-state index is 12.3. The Kier molecular flexibility index (Phi) is 4.34. The molecule has 3 rings (SSSR count). The summed E-state index contributed by atoms with van der Waals surface area (Å²) in [6.45, 7) is 0.983. The Morgan fingerprint density at radius 1 is 1.29 bits per heavy atom. The van der Waals surface area contributed by atoms with Crippen LogP contribution in [0.4, 0.5) is 5.82 Å². The zero-order valence-electron chi connectivity index (χ0n) is 12.8. The summed E-state index contributed by atoms with van der Waals surface area (Å²) in [7, 11) is 1.39. The van der Waals surface area contributed by atoms with Crippen LogP contribution in [0, 0.1) is 0 Å². The van der Waals surface area contributed by atoms with Crippen molar-refractivity contribution in [3.63, 3.8) is 0 Å². The number of fused-ring (bicyclic) bond motifs is 1. The van der Waals surface area contributed by atoms with Crippen molar-refractivity contribution in [2.45, 2.75) is 4.90 Å². The lowest BCUT2D eigenvalue weighted by atomic mass is 10.2. The molecule has 0 bridgehead atoms. The van der Waals surface area contributed by atoms with E-state index in [0.717, 1.165) is 9.46 Å². The second-order valence-electron chi connectivity index (χ2n) is 5.10. The van der Waals surface area contributed by atoms with Gasteiger partial charge in [-0.3, -0.25) is 19.1 Å². The summed E-state index contributed by atoms with van der Waals surface area (Å²) in [5.74, 6) is 0.695. The number of hydrogen-bond acceptors (Lipinski definition) is 7. The van der Waals surface area contributed by atoms with Crippen molar-refractivity contribution < 1.29 is 14.3 Å². The van der Waals surface area contributed by atoms with Gasteiger partial charge < -0.3 is 15.2 Å². The summed E-state index contributed by atoms with van der Waals surface area (Å²) in [4.78, 5) is 38.5. The van der Waals surface area contributed by atoms with Gasteiger partial charge in [-0.1, -0.05) is 0 Å². The van der Waals surface area contributed by atoms with E-state index in [2.05, 4.69) is 4.98 Å². The summed E-state index contributed by atoms with van der Waals surface area (Å²) in [5.41, 5.74) is 4.08. The number of rotatable bonds is 4. The predicted octanol–water partition coefficient (Wildman–Crippen LogP) is 0.402. The highest BCUT2D eigenvalue weighted by molar-refractivity contribution is 8.00. The van der Waals surface area contributed by atoms with Crippen molar-refractivity contribution in [3.8, 4) is 11.5 Å². The van der Waals surface area contributed by atoms with Crippen LogP contribution in [0.3, 0.4) is 0 Å². The van der Waals surface area contributed by atoms with Crippen LogP contribution >= 0.6 is 11.8 Å². The lowest BCUT2D eigenvalue weighted by Crippen LogP contribution is -2.35. The van der Waals surface area contributed by atoms with Crippen LogP contribution in [0.2, 0.25) is 0 Å². The molecule has 0 spiro atoms. The van der Waals surface area contributed by atoms with Crippen molar-refractivity contribution in [2.75, 3.05) is 24.7 Å². The standard InChI is InChI=1S/C15H15N3O5S/c1-18-13(16)12(14(20)17-15(18)21)9(19)7-24-8-2-3-10-11(6-8)23-5-4-22-10/h2-3,6H,4-5,7,16H2,1H3,(H,17,20,21). The number of Topliss-reactive ketones (excluding diaryl/α,β-unsaturated/α-hetero) is 1. The molecule has 2 heterocycles. The first-order valence-corrected chi connectivity index (χ1v) is 8.10. The van der Waals surface area contributed by atoms with Crippen LogP contribution in [0.25, 0.3) is 0 Å². The number of nitrogens with zero attached hydrogens (tertiary/aromatic N) is 1. The number of hydrogen-bond donors (Lipinski definition) is 2. The third-order valence-electron chi connectivity index (χ3n) is 3.53. The number of nitrogen functional groups attached to an aromatic ring is 1. The summed E-state index contributed by atoms with van der Waals surface area (Å²) >= 11 is 1.24. The van der Waals surface area contributed by atoms with E-state index >= 15 is 0 Å². The maximum Gasteiger partial charge on any atom is 0.329 e. The van der Waals surface area contributed by atoms with E-state index in [1.165, 1.54) is 18.8 Å². The largest absolute Gasteiger partial charge is 0.486 e. The number of anilines is 1. The van der Waals surface area contributed by atoms with Crippen molar-refractivity contribution in [2.24, 2.45) is 7.05 Å². The zero-order chi connectivity index (χ0) is 17.3. The lowest BCUT2D eigenvalue weighted by Gasteiger charge is -2.18. The average molecular weight is 349 g/mol. The molecule has 0 fully saturated rings. The third-order valence-corrected chi connectivity index (χ3v) is 4.53. The van der Waals surface area contributed by atoms with E-state index in [1.807, 2.05) is 0 Å². The number of nitrogens with two attached hydrogens (primary N) is 1. The minimum Gasteiger partial charge on any atom is -0.486 e. The van der Waals surface area contributed by atoms with Crippen LogP contribution in [0.5, 0.6) is 11.5 Å². The third kappa shape index (κ3) is 3.02. The van der Waals surface area contributed by atoms with Crippen molar-refractivity contribution in [1.82, 2.24) is 9.55 Å². The fourth-order valence-corrected chi connectivity index (χ4v) is 3.04. The van der Waals surface area contributed by atoms with Gasteiger partial charge in [-0.15, -0.1) is 11.8 Å². The highest BCUT2D eigenvalue weighted by Gasteiger charge is 2.19. The maximum absolute atomic E-state index is 12.3. The number of nitrogens with one attached hydrogen (secondary N) is 1. The van der Waals surface area contributed by atoms with Crippen LogP contribution in [-0.4, -0.2) is 34.3 Å². The molecule has 0 radical (unpaired) electrons. The Morgan fingerprint density at radius 2 is 2.00 bits per heavy atom. The van der Waals surface area contributed by atoms with Gasteiger partial charge in [-0.2, -0.15) is 0 Å². The molecule has 1 aromatic carbocycles. The van der Waals surface area contributed by atoms with E-state index in [9.17, 15) is 14.4 Å². The second kappa shape index (κ2) is 6.44. The number of thioether (sulfide) groups is 1. The first kappa shape index (κ1) is 16.2. The van der Waals surface area contributed by atoms with Crippen LogP contribution < -0.4 is 26.5 Å². The molecule has 0 aliphatic carbocycles. The Bertz CT molecular complexity index is 918. The quantitative estimate of drug-likeness (QED) is 0.606. The summed E-state index contributed by atoms with van der Waals surface area (Å²) in [6, 6.07) is 5.36. The van der Waals surface area contributed by atoms with E-state index < -0.39 is 17.0 Å². The topological polar surface area (TPSA) is 116 Å². The summed E-state index contributed by atoms with van der Waals surface area (Å²) in [6.07, 6.45) is 0. The number of carbonyl (C=O) groups excluding carboxylic acids is 1. The highest BCUT2D eigenvalue weighted by Crippen LogP contribution is 2.34. The molecule has 126 valence electrons. The molecular formula is C15H15N3O5S. The molecule has 0 saturated heterocycles. The van der Waals surface area contributed by atoms with Crippen molar-refractivity contribution in [3.05, 3.63) is 44.6 Å². The zero-order valence-corrected chi connectivity index (χ0v) is 13.6. The Morgan fingerprint density at radius 3 is 2.75 bits per heavy atom. The number of aromatic amines is 1. The normalized spacial score (nSPS) is 12.9. The monoisotopic (exact) mass is 349 g/mol. The number of aromatic nitrogens is 2. The van der Waals surface area contributed by atoms with Crippen molar-refractivity contribution >= 4 is 23.4 Å². The Hall–Kier alpha value is -2.68. The highest BCUT2D eigenvalue weighted by atomic mass is 32.2. The van der Waals surface area contributed by atoms with Gasteiger partial charge in [0, 0.05) is 11.9 Å². The van der Waals surface area contributed by atoms with Crippen LogP contribution in [0.1, 0.15) is 10.4 Å². The number of benzene rings is 1. The summed E-state index contributed by atoms with van der Waals surface area (Å²) in [5, 5.41) is 0. The molecule has 2 aromatic rings. The molecule has 1 aliphatic rings. The van der Waals surface area contributed by atoms with Gasteiger partial charge >= 0.3 is 5.69 Å². The smallest absolute Gasteiger partial charge is 0.329 e. The minimum atomic E-state index is -0.775. The Balaban J connectivity index is 1.78. The molecule has 0 atom stereocenters. The van der Waals surface area contributed by atoms with Gasteiger partial charge in [0.1, 0.15) is 24.6 Å². The van der Waals surface area contributed by atoms with Gasteiger partial charge in [0.05, 0.1) is 5.75 Å². The number of ether oxygens (including phenoxy) is 2. The van der Waals surface area contributed by atoms with E-state index in [-0.39, 0.29) is 17.1 Å². The van der Waals surface area contributed by atoms with Gasteiger partial charge in [-0.25, -0.2) is 4.79 Å². The molecule has 3 N–H and O–H groups in total. The molecular weight excluding hydrogens is 334 g/mol. The average Bonchev–Trinajstić information content (AvgIpc) is 2.58. The van der Waals surface area contributed by atoms with Gasteiger partial charge in [0.2, 0.25) is 0 Å². The van der Waals surface area contributed by atoms with Gasteiger partial charge in [-0.05, 0) is 18.2 Å². The fourth-order valence-electron chi connectivity index (χ4n) is 2.24. The Labute approximate surface area is 140 Å². The lowest BCUT2D eigenvalue weighted by molar-refractivity contribution is 0.102. The molecule has 24 heavy (non-hydrogen) atoms. The number of ketones is 1. The molecule has 0 saturated carbocycles. The first-order chi connectivity index (χ1) is 11.5. The minimum absolute atomic E-state index is 0.00509. The molecule has 0 amide bonds. The van der Waals surface area contributed by atoms with Crippen LogP contribution in [-0.2, 0) is 7.05 Å². The van der Waals surface area contributed by atoms with E-state index in [1.54, 1.807) is 18.2 Å². The van der Waals surface area contributed by atoms with E-state index in [4.69, 9.17) is 15.2 Å². The molecule has 0 unspecified atom stereocenters. The second-order valence-corrected chi connectivity index (χ2v) is 6.14. The predicted molar refractivity (Wildman–Crippen MR) is 89.2 cm³/mol. The first-order valence-electron chi connectivity index (χ1n) is 7.12. The number of H-pyrrole nitrogens is 1. The number of carbonyl (C=O) groups is 1. The summed E-state index contributed by atoms with van der Waals surface area (Å²) < 4.78 is 12.0. The van der Waals surface area contributed by atoms with Gasteiger partial charge in [0.15, 0.2) is 17.3 Å².